The number of amides is 1. The van der Waals surface area contributed by atoms with Crippen LogP contribution >= 0.6 is 0 Å². The van der Waals surface area contributed by atoms with Crippen molar-refractivity contribution in [1.82, 2.24) is 5.32 Å². The van der Waals surface area contributed by atoms with Gasteiger partial charge in [0.15, 0.2) is 0 Å². The molecule has 0 heterocycles. The van der Waals surface area contributed by atoms with Gasteiger partial charge in [0, 0.05) is 0 Å². The molecule has 1 N–H and O–H groups in total. The second kappa shape index (κ2) is 7.48. The van der Waals surface area contributed by atoms with Crippen LogP contribution < -0.4 is 10.1 Å². The van der Waals surface area contributed by atoms with E-state index in [9.17, 15) is 4.79 Å². The smallest absolute Gasteiger partial charge is 0.410 e. The third-order valence-corrected chi connectivity index (χ3v) is 3.15. The molecule has 3 heteroatoms. The van der Waals surface area contributed by atoms with Crippen molar-refractivity contribution in [2.75, 3.05) is 0 Å². The molecule has 0 saturated carbocycles. The molecular weight excluding hydrogens is 262 g/mol. The molecule has 2 rings (SSSR count). The first-order chi connectivity index (χ1) is 10.1. The Hall–Kier alpha value is -2.29. The lowest BCUT2D eigenvalue weighted by Gasteiger charge is -2.20. The second-order valence-electron chi connectivity index (χ2n) is 5.44. The van der Waals surface area contributed by atoms with E-state index in [0.29, 0.717) is 11.7 Å². The number of hydrogen-bond acceptors (Lipinski definition) is 2. The fraction of sp³-hybridized carbons (Fsp3) is 0.278. The highest BCUT2D eigenvalue weighted by atomic mass is 16.6. The third-order valence-electron chi connectivity index (χ3n) is 3.15. The quantitative estimate of drug-likeness (QED) is 0.873. The van der Waals surface area contributed by atoms with E-state index in [0.717, 1.165) is 12.0 Å². The summed E-state index contributed by atoms with van der Waals surface area (Å²) in [5.74, 6) is 1.03. The molecule has 0 radical (unpaired) electrons. The highest BCUT2D eigenvalue weighted by Crippen LogP contribution is 2.21. The van der Waals surface area contributed by atoms with Gasteiger partial charge in [-0.25, -0.2) is 4.79 Å². The topological polar surface area (TPSA) is 38.3 Å². The Balaban J connectivity index is 2.03. The zero-order valence-electron chi connectivity index (χ0n) is 12.5. The lowest BCUT2D eigenvalue weighted by molar-refractivity contribution is 0.194. The molecule has 0 fully saturated rings. The molecule has 3 nitrogen and oxygen atoms in total. The molecule has 1 amide bonds. The van der Waals surface area contributed by atoms with Crippen LogP contribution in [0.4, 0.5) is 4.79 Å². The molecule has 0 aliphatic heterocycles. The molecule has 110 valence electrons. The molecule has 0 bridgehead atoms. The maximum Gasteiger partial charge on any atom is 0.413 e. The van der Waals surface area contributed by atoms with Gasteiger partial charge in [0.2, 0.25) is 0 Å². The Morgan fingerprint density at radius 2 is 1.57 bits per heavy atom. The maximum atomic E-state index is 12.0. The van der Waals surface area contributed by atoms with E-state index in [2.05, 4.69) is 19.2 Å². The van der Waals surface area contributed by atoms with Gasteiger partial charge < -0.3 is 10.1 Å². The van der Waals surface area contributed by atoms with Crippen LogP contribution in [0.5, 0.6) is 5.75 Å². The Bertz CT molecular complexity index is 552. The fourth-order valence-electron chi connectivity index (χ4n) is 2.20. The van der Waals surface area contributed by atoms with Crippen molar-refractivity contribution >= 4 is 6.09 Å². The number of nitrogens with one attached hydrogen (secondary N) is 1. The fourth-order valence-corrected chi connectivity index (χ4v) is 2.20. The van der Waals surface area contributed by atoms with Crippen molar-refractivity contribution in [3.63, 3.8) is 0 Å². The summed E-state index contributed by atoms with van der Waals surface area (Å²) in [7, 11) is 0. The first kappa shape index (κ1) is 15.1. The summed E-state index contributed by atoms with van der Waals surface area (Å²) in [6.07, 6.45) is 0.448. The predicted octanol–water partition coefficient (Wildman–Crippen LogP) is 4.56. The van der Waals surface area contributed by atoms with Crippen LogP contribution in [0.15, 0.2) is 60.7 Å². The lowest BCUT2D eigenvalue weighted by Crippen LogP contribution is -2.31. The summed E-state index contributed by atoms with van der Waals surface area (Å²) in [5, 5.41) is 2.95. The van der Waals surface area contributed by atoms with Gasteiger partial charge in [0.1, 0.15) is 5.75 Å². The summed E-state index contributed by atoms with van der Waals surface area (Å²) in [6.45, 7) is 4.28. The lowest BCUT2D eigenvalue weighted by atomic mass is 9.97. The average molecular weight is 283 g/mol. The average Bonchev–Trinajstić information content (AvgIpc) is 2.48. The number of para-hydroxylation sites is 1. The SMILES string of the molecule is CC(C)CC(NC(=O)Oc1ccccc1)c1ccccc1. The van der Waals surface area contributed by atoms with E-state index in [-0.39, 0.29) is 6.04 Å². The molecule has 1 atom stereocenters. The third kappa shape index (κ3) is 4.95. The van der Waals surface area contributed by atoms with Gasteiger partial charge in [0.25, 0.3) is 0 Å². The number of carbonyl (C=O) groups is 1. The summed E-state index contributed by atoms with van der Waals surface area (Å²) in [5.41, 5.74) is 1.09. The van der Waals surface area contributed by atoms with Crippen LogP contribution in [0.25, 0.3) is 0 Å². The van der Waals surface area contributed by atoms with E-state index in [1.807, 2.05) is 48.5 Å². The molecule has 0 aromatic heterocycles. The zero-order valence-corrected chi connectivity index (χ0v) is 12.5. The van der Waals surface area contributed by atoms with Crippen LogP contribution in [0.3, 0.4) is 0 Å². The first-order valence-corrected chi connectivity index (χ1v) is 7.23. The van der Waals surface area contributed by atoms with Gasteiger partial charge in [-0.3, -0.25) is 0 Å². The van der Waals surface area contributed by atoms with Crippen LogP contribution in [0.1, 0.15) is 31.9 Å². The van der Waals surface area contributed by atoms with Gasteiger partial charge in [-0.05, 0) is 30.0 Å². The molecule has 2 aromatic rings. The molecule has 0 aliphatic rings. The summed E-state index contributed by atoms with van der Waals surface area (Å²) >= 11 is 0. The number of ether oxygens (including phenoxy) is 1. The summed E-state index contributed by atoms with van der Waals surface area (Å²) in [4.78, 5) is 12.0. The van der Waals surface area contributed by atoms with Gasteiger partial charge in [0.05, 0.1) is 6.04 Å². The summed E-state index contributed by atoms with van der Waals surface area (Å²) in [6, 6.07) is 19.0. The Kier molecular flexibility index (Phi) is 5.38. The maximum absolute atomic E-state index is 12.0. The Morgan fingerprint density at radius 3 is 2.14 bits per heavy atom. The minimum absolute atomic E-state index is 0.0394. The van der Waals surface area contributed by atoms with Gasteiger partial charge in [-0.1, -0.05) is 62.4 Å². The monoisotopic (exact) mass is 283 g/mol. The normalized spacial score (nSPS) is 12.0. The van der Waals surface area contributed by atoms with E-state index >= 15 is 0 Å². The number of benzene rings is 2. The number of rotatable bonds is 5. The zero-order chi connectivity index (χ0) is 15.1. The van der Waals surface area contributed by atoms with Crippen molar-refractivity contribution in [2.45, 2.75) is 26.3 Å². The van der Waals surface area contributed by atoms with E-state index < -0.39 is 6.09 Å². The molecule has 0 saturated heterocycles. The van der Waals surface area contributed by atoms with Gasteiger partial charge >= 0.3 is 6.09 Å². The van der Waals surface area contributed by atoms with Crippen LogP contribution in [-0.4, -0.2) is 6.09 Å². The number of hydrogen-bond donors (Lipinski definition) is 1. The molecular formula is C18H21NO2. The molecule has 2 aromatic carbocycles. The van der Waals surface area contributed by atoms with Crippen LogP contribution in [0, 0.1) is 5.92 Å². The van der Waals surface area contributed by atoms with E-state index in [1.165, 1.54) is 0 Å². The van der Waals surface area contributed by atoms with Gasteiger partial charge in [-0.2, -0.15) is 0 Å². The number of carbonyl (C=O) groups excluding carboxylic acids is 1. The van der Waals surface area contributed by atoms with Crippen molar-refractivity contribution in [3.05, 3.63) is 66.2 Å². The highest BCUT2D eigenvalue weighted by molar-refractivity contribution is 5.70. The minimum Gasteiger partial charge on any atom is -0.410 e. The molecule has 1 unspecified atom stereocenters. The standard InChI is InChI=1S/C18H21NO2/c1-14(2)13-17(15-9-5-3-6-10-15)19-18(20)21-16-11-7-4-8-12-16/h3-12,14,17H,13H2,1-2H3,(H,19,20). The van der Waals surface area contributed by atoms with Crippen LogP contribution in [-0.2, 0) is 0 Å². The van der Waals surface area contributed by atoms with Crippen molar-refractivity contribution in [1.29, 1.82) is 0 Å². The highest BCUT2D eigenvalue weighted by Gasteiger charge is 2.17. The van der Waals surface area contributed by atoms with E-state index in [4.69, 9.17) is 4.74 Å². The molecule has 0 spiro atoms. The molecule has 21 heavy (non-hydrogen) atoms. The van der Waals surface area contributed by atoms with E-state index in [1.54, 1.807) is 12.1 Å². The Labute approximate surface area is 126 Å². The van der Waals surface area contributed by atoms with Crippen molar-refractivity contribution < 1.29 is 9.53 Å². The summed E-state index contributed by atoms with van der Waals surface area (Å²) < 4.78 is 5.30. The second-order valence-corrected chi connectivity index (χ2v) is 5.44. The first-order valence-electron chi connectivity index (χ1n) is 7.23. The largest absolute Gasteiger partial charge is 0.413 e. The molecule has 0 aliphatic carbocycles. The Morgan fingerprint density at radius 1 is 1.00 bits per heavy atom. The minimum atomic E-state index is -0.421. The van der Waals surface area contributed by atoms with Gasteiger partial charge in [-0.15, -0.1) is 0 Å². The predicted molar refractivity (Wildman–Crippen MR) is 84.2 cm³/mol. The van der Waals surface area contributed by atoms with Crippen molar-refractivity contribution in [3.8, 4) is 5.75 Å². The van der Waals surface area contributed by atoms with Crippen molar-refractivity contribution in [2.24, 2.45) is 5.92 Å². The van der Waals surface area contributed by atoms with Crippen LogP contribution in [0.2, 0.25) is 0 Å².